The van der Waals surface area contributed by atoms with Crippen molar-refractivity contribution in [3.63, 3.8) is 0 Å². The first-order chi connectivity index (χ1) is 15.5. The van der Waals surface area contributed by atoms with Crippen LogP contribution >= 0.6 is 0 Å². The Hall–Kier alpha value is -3.39. The Bertz CT molecular complexity index is 875. The second kappa shape index (κ2) is 13.1. The van der Waals surface area contributed by atoms with E-state index in [1.54, 1.807) is 7.11 Å². The summed E-state index contributed by atoms with van der Waals surface area (Å²) in [7, 11) is 1.68. The number of ether oxygens (including phenoxy) is 2. The van der Waals surface area contributed by atoms with E-state index in [0.29, 0.717) is 12.6 Å². The molecule has 0 bridgehead atoms. The first-order valence-corrected chi connectivity index (χ1v) is 10.5. The Kier molecular flexibility index (Phi) is 10.2. The third-order valence-electron chi connectivity index (χ3n) is 5.13. The fraction of sp³-hybridized carbons (Fsp3) is 0.375. The van der Waals surface area contributed by atoms with E-state index in [4.69, 9.17) is 29.3 Å². The van der Waals surface area contributed by atoms with Gasteiger partial charge in [0.25, 0.3) is 0 Å². The van der Waals surface area contributed by atoms with Crippen LogP contribution in [0.25, 0.3) is 0 Å². The fourth-order valence-corrected chi connectivity index (χ4v) is 3.62. The molecule has 0 amide bonds. The largest absolute Gasteiger partial charge is 0.497 e. The van der Waals surface area contributed by atoms with Crippen molar-refractivity contribution in [1.29, 1.82) is 0 Å². The Morgan fingerprint density at radius 2 is 2.03 bits per heavy atom. The molecule has 0 radical (unpaired) electrons. The lowest BCUT2D eigenvalue weighted by Crippen LogP contribution is -2.36. The maximum Gasteiger partial charge on any atom is 0.414 e. The lowest BCUT2D eigenvalue weighted by atomic mass is 9.96. The molecule has 1 aromatic carbocycles. The SMILES string of the molecule is C=CCc1cc(OC)ccc1OCCN1CCCCC1c1cccnc1.O=C(O)C(=O)O. The van der Waals surface area contributed by atoms with Crippen molar-refractivity contribution in [1.82, 2.24) is 9.88 Å². The molecule has 172 valence electrons. The van der Waals surface area contributed by atoms with Gasteiger partial charge in [0.15, 0.2) is 0 Å². The van der Waals surface area contributed by atoms with Crippen LogP contribution in [0.15, 0.2) is 55.4 Å². The first kappa shape index (κ1) is 24.9. The number of carbonyl (C=O) groups is 2. The average molecular weight is 443 g/mol. The van der Waals surface area contributed by atoms with Crippen LogP contribution in [0.3, 0.4) is 0 Å². The van der Waals surface area contributed by atoms with Crippen molar-refractivity contribution in [2.75, 3.05) is 26.8 Å². The second-order valence-electron chi connectivity index (χ2n) is 7.26. The predicted octanol–water partition coefficient (Wildman–Crippen LogP) is 3.58. The zero-order chi connectivity index (χ0) is 23.3. The Morgan fingerprint density at radius 1 is 1.25 bits per heavy atom. The van der Waals surface area contributed by atoms with E-state index in [0.717, 1.165) is 36.6 Å². The highest BCUT2D eigenvalue weighted by molar-refractivity contribution is 6.27. The smallest absolute Gasteiger partial charge is 0.414 e. The summed E-state index contributed by atoms with van der Waals surface area (Å²) in [6, 6.07) is 10.6. The molecule has 1 atom stereocenters. The van der Waals surface area contributed by atoms with E-state index in [2.05, 4.69) is 22.5 Å². The zero-order valence-electron chi connectivity index (χ0n) is 18.3. The zero-order valence-corrected chi connectivity index (χ0v) is 18.3. The number of aliphatic carboxylic acids is 2. The number of hydrogen-bond acceptors (Lipinski definition) is 6. The minimum absolute atomic E-state index is 0.449. The lowest BCUT2D eigenvalue weighted by Gasteiger charge is -2.35. The minimum Gasteiger partial charge on any atom is -0.497 e. The number of pyridine rings is 1. The fourth-order valence-electron chi connectivity index (χ4n) is 3.62. The molecule has 1 unspecified atom stereocenters. The number of allylic oxidation sites excluding steroid dienone is 1. The number of rotatable bonds is 8. The molecule has 0 saturated carbocycles. The number of piperidine rings is 1. The number of benzene rings is 1. The van der Waals surface area contributed by atoms with E-state index < -0.39 is 11.9 Å². The lowest BCUT2D eigenvalue weighted by molar-refractivity contribution is -0.159. The molecule has 8 nitrogen and oxygen atoms in total. The second-order valence-corrected chi connectivity index (χ2v) is 7.26. The highest BCUT2D eigenvalue weighted by atomic mass is 16.5. The third kappa shape index (κ3) is 7.70. The summed E-state index contributed by atoms with van der Waals surface area (Å²) < 4.78 is 11.4. The van der Waals surface area contributed by atoms with Crippen LogP contribution in [0.4, 0.5) is 0 Å². The first-order valence-electron chi connectivity index (χ1n) is 10.5. The number of methoxy groups -OCH3 is 1. The molecule has 1 saturated heterocycles. The van der Waals surface area contributed by atoms with Crippen LogP contribution in [0.1, 0.15) is 36.4 Å². The molecular weight excluding hydrogens is 412 g/mol. The molecule has 8 heteroatoms. The monoisotopic (exact) mass is 442 g/mol. The van der Waals surface area contributed by atoms with Crippen LogP contribution in [0.2, 0.25) is 0 Å². The van der Waals surface area contributed by atoms with Gasteiger partial charge in [-0.25, -0.2) is 9.59 Å². The van der Waals surface area contributed by atoms with Gasteiger partial charge in [-0.1, -0.05) is 18.6 Å². The topological polar surface area (TPSA) is 109 Å². The quantitative estimate of drug-likeness (QED) is 0.472. The number of aromatic nitrogens is 1. The van der Waals surface area contributed by atoms with E-state index in [-0.39, 0.29) is 0 Å². The number of hydrogen-bond donors (Lipinski definition) is 2. The van der Waals surface area contributed by atoms with Crippen molar-refractivity contribution >= 4 is 11.9 Å². The van der Waals surface area contributed by atoms with Gasteiger partial charge in [0.05, 0.1) is 7.11 Å². The van der Waals surface area contributed by atoms with Crippen LogP contribution < -0.4 is 9.47 Å². The number of nitrogens with zero attached hydrogens (tertiary/aromatic N) is 2. The summed E-state index contributed by atoms with van der Waals surface area (Å²) in [6.07, 6.45) is 10.2. The molecule has 32 heavy (non-hydrogen) atoms. The molecule has 2 N–H and O–H groups in total. The maximum atomic E-state index is 9.10. The van der Waals surface area contributed by atoms with Crippen molar-refractivity contribution in [2.24, 2.45) is 0 Å². The molecule has 1 aliphatic rings. The van der Waals surface area contributed by atoms with Crippen LogP contribution in [0, 0.1) is 0 Å². The Labute approximate surface area is 188 Å². The van der Waals surface area contributed by atoms with E-state index in [1.807, 2.05) is 42.7 Å². The highest BCUT2D eigenvalue weighted by Gasteiger charge is 2.23. The summed E-state index contributed by atoms with van der Waals surface area (Å²) in [5, 5.41) is 14.8. The standard InChI is InChI=1S/C22H28N2O2.C2H2O4/c1-3-7-18-16-20(25-2)10-11-22(18)26-15-14-24-13-5-4-9-21(24)19-8-6-12-23-17-19;3-1(4)2(5)6/h3,6,8,10-12,16-17,21H,1,4-5,7,9,13-15H2,2H3;(H,3,4)(H,5,6). The molecule has 2 aromatic rings. The van der Waals surface area contributed by atoms with Crippen molar-refractivity contribution in [2.45, 2.75) is 31.7 Å². The van der Waals surface area contributed by atoms with Gasteiger partial charge >= 0.3 is 11.9 Å². The summed E-state index contributed by atoms with van der Waals surface area (Å²) in [6.45, 7) is 6.55. The molecule has 3 rings (SSSR count). The van der Waals surface area contributed by atoms with Gasteiger partial charge in [0.1, 0.15) is 18.1 Å². The number of carboxylic acids is 2. The van der Waals surface area contributed by atoms with Crippen molar-refractivity contribution in [3.05, 3.63) is 66.5 Å². The van der Waals surface area contributed by atoms with E-state index in [9.17, 15) is 0 Å². The molecule has 0 aliphatic carbocycles. The summed E-state index contributed by atoms with van der Waals surface area (Å²) in [5.41, 5.74) is 2.42. The normalized spacial score (nSPS) is 15.7. The van der Waals surface area contributed by atoms with Gasteiger partial charge in [0.2, 0.25) is 0 Å². The van der Waals surface area contributed by atoms with Gasteiger partial charge in [-0.2, -0.15) is 0 Å². The van der Waals surface area contributed by atoms with Gasteiger partial charge in [0, 0.05) is 30.5 Å². The molecular formula is C24H30N2O6. The molecule has 0 spiro atoms. The van der Waals surface area contributed by atoms with Crippen LogP contribution in [-0.4, -0.2) is 58.8 Å². The van der Waals surface area contributed by atoms with Gasteiger partial charge in [-0.15, -0.1) is 6.58 Å². The predicted molar refractivity (Wildman–Crippen MR) is 120 cm³/mol. The van der Waals surface area contributed by atoms with Crippen molar-refractivity contribution in [3.8, 4) is 11.5 Å². The molecule has 2 heterocycles. The summed E-state index contributed by atoms with van der Waals surface area (Å²) >= 11 is 0. The molecule has 1 aliphatic heterocycles. The van der Waals surface area contributed by atoms with Crippen LogP contribution in [0.5, 0.6) is 11.5 Å². The Morgan fingerprint density at radius 3 is 2.66 bits per heavy atom. The van der Waals surface area contributed by atoms with Gasteiger partial charge < -0.3 is 19.7 Å². The third-order valence-corrected chi connectivity index (χ3v) is 5.13. The highest BCUT2D eigenvalue weighted by Crippen LogP contribution is 2.30. The summed E-state index contributed by atoms with van der Waals surface area (Å²) in [5.74, 6) is -1.88. The number of carboxylic acid groups (broad SMARTS) is 2. The van der Waals surface area contributed by atoms with Crippen molar-refractivity contribution < 1.29 is 29.3 Å². The maximum absolute atomic E-state index is 9.10. The van der Waals surface area contributed by atoms with Gasteiger partial charge in [-0.3, -0.25) is 9.88 Å². The minimum atomic E-state index is -1.82. The summed E-state index contributed by atoms with van der Waals surface area (Å²) in [4.78, 5) is 25.0. The molecule has 1 fully saturated rings. The van der Waals surface area contributed by atoms with E-state index in [1.165, 1.54) is 24.8 Å². The average Bonchev–Trinajstić information content (AvgIpc) is 2.81. The molecule has 1 aromatic heterocycles. The number of likely N-dealkylation sites (tertiary alicyclic amines) is 1. The van der Waals surface area contributed by atoms with Crippen LogP contribution in [-0.2, 0) is 16.0 Å². The van der Waals surface area contributed by atoms with E-state index >= 15 is 0 Å². The van der Waals surface area contributed by atoms with Gasteiger partial charge in [-0.05, 0) is 55.6 Å². The Balaban J connectivity index is 0.000000534.